The molecule has 2 aromatic heterocycles. The van der Waals surface area contributed by atoms with Crippen molar-refractivity contribution in [2.75, 3.05) is 0 Å². The van der Waals surface area contributed by atoms with Crippen molar-refractivity contribution in [1.29, 1.82) is 0 Å². The first kappa shape index (κ1) is 9.02. The Morgan fingerprint density at radius 3 is 3.14 bits per heavy atom. The zero-order valence-electron chi connectivity index (χ0n) is 7.31. The second-order valence-electron chi connectivity index (χ2n) is 2.81. The van der Waals surface area contributed by atoms with Crippen LogP contribution in [0.4, 0.5) is 0 Å². The number of nitrogens with zero attached hydrogens (tertiary/aromatic N) is 3. The topological polar surface area (TPSA) is 50.4 Å². The molecule has 0 aromatic carbocycles. The molecule has 0 aliphatic heterocycles. The lowest BCUT2D eigenvalue weighted by Gasteiger charge is -2.04. The number of rotatable bonds is 2. The van der Waals surface area contributed by atoms with E-state index in [1.807, 2.05) is 0 Å². The van der Waals surface area contributed by atoms with E-state index < -0.39 is 0 Å². The summed E-state index contributed by atoms with van der Waals surface area (Å²) in [6.45, 7) is 3.58. The number of aromatic hydroxyl groups is 1. The Kier molecular flexibility index (Phi) is 2.13. The number of halogens is 1. The Morgan fingerprint density at radius 2 is 2.43 bits per heavy atom. The summed E-state index contributed by atoms with van der Waals surface area (Å²) in [5, 5.41) is 14.1. The molecule has 2 aromatic rings. The zero-order chi connectivity index (χ0) is 10.1. The van der Waals surface area contributed by atoms with Crippen LogP contribution >= 0.6 is 11.6 Å². The van der Waals surface area contributed by atoms with E-state index in [0.29, 0.717) is 17.6 Å². The van der Waals surface area contributed by atoms with Crippen LogP contribution < -0.4 is 0 Å². The zero-order valence-corrected chi connectivity index (χ0v) is 8.07. The Morgan fingerprint density at radius 1 is 1.64 bits per heavy atom. The molecule has 2 heterocycles. The van der Waals surface area contributed by atoms with Crippen LogP contribution in [0.2, 0.25) is 5.15 Å². The van der Waals surface area contributed by atoms with Crippen LogP contribution in [-0.2, 0) is 6.42 Å². The molecule has 5 heteroatoms. The average Bonchev–Trinajstić information content (AvgIpc) is 2.60. The van der Waals surface area contributed by atoms with Crippen LogP contribution in [0.1, 0.15) is 5.56 Å². The number of aromatic nitrogens is 3. The standard InChI is InChI=1S/C9H8ClN3O/c1-2-3-6-7(14)9-11-4-5-13(9)12-8(6)10/h2,4-5,14H,1,3H2. The SMILES string of the molecule is C=CCc1c(Cl)nn2ccnc2c1O. The molecular weight excluding hydrogens is 202 g/mol. The molecule has 0 atom stereocenters. The first-order chi connectivity index (χ1) is 6.74. The van der Waals surface area contributed by atoms with Gasteiger partial charge in [-0.3, -0.25) is 0 Å². The van der Waals surface area contributed by atoms with E-state index in [2.05, 4.69) is 16.7 Å². The highest BCUT2D eigenvalue weighted by molar-refractivity contribution is 6.30. The highest BCUT2D eigenvalue weighted by Crippen LogP contribution is 2.27. The van der Waals surface area contributed by atoms with Gasteiger partial charge in [-0.05, 0) is 6.42 Å². The van der Waals surface area contributed by atoms with Crippen molar-refractivity contribution in [2.45, 2.75) is 6.42 Å². The minimum Gasteiger partial charge on any atom is -0.504 e. The van der Waals surface area contributed by atoms with Crippen LogP contribution in [0, 0.1) is 0 Å². The molecule has 0 aliphatic rings. The molecule has 0 spiro atoms. The van der Waals surface area contributed by atoms with Gasteiger partial charge in [-0.25, -0.2) is 9.50 Å². The summed E-state index contributed by atoms with van der Waals surface area (Å²) >= 11 is 5.88. The lowest BCUT2D eigenvalue weighted by Crippen LogP contribution is -1.96. The first-order valence-electron chi connectivity index (χ1n) is 4.05. The van der Waals surface area contributed by atoms with E-state index in [4.69, 9.17) is 11.6 Å². The van der Waals surface area contributed by atoms with Crippen molar-refractivity contribution in [1.82, 2.24) is 14.6 Å². The van der Waals surface area contributed by atoms with Gasteiger partial charge in [-0.1, -0.05) is 17.7 Å². The van der Waals surface area contributed by atoms with E-state index in [-0.39, 0.29) is 10.9 Å². The molecule has 0 radical (unpaired) electrons. The largest absolute Gasteiger partial charge is 0.504 e. The predicted molar refractivity (Wildman–Crippen MR) is 53.6 cm³/mol. The van der Waals surface area contributed by atoms with Crippen LogP contribution in [0.25, 0.3) is 5.65 Å². The lowest BCUT2D eigenvalue weighted by atomic mass is 10.2. The van der Waals surface area contributed by atoms with Gasteiger partial charge in [0, 0.05) is 18.0 Å². The van der Waals surface area contributed by atoms with Crippen molar-refractivity contribution in [3.8, 4) is 5.75 Å². The quantitative estimate of drug-likeness (QED) is 0.768. The molecule has 14 heavy (non-hydrogen) atoms. The summed E-state index contributed by atoms with van der Waals surface area (Å²) in [5.41, 5.74) is 0.964. The van der Waals surface area contributed by atoms with E-state index in [1.165, 1.54) is 4.52 Å². The van der Waals surface area contributed by atoms with Gasteiger partial charge in [0.1, 0.15) is 0 Å². The summed E-state index contributed by atoms with van der Waals surface area (Å²) in [5.74, 6) is 0.0647. The number of imidazole rings is 1. The maximum absolute atomic E-state index is 9.79. The van der Waals surface area contributed by atoms with Crippen molar-refractivity contribution < 1.29 is 5.11 Å². The minimum atomic E-state index is 0.0647. The summed E-state index contributed by atoms with van der Waals surface area (Å²) in [7, 11) is 0. The summed E-state index contributed by atoms with van der Waals surface area (Å²) in [6.07, 6.45) is 5.30. The Hall–Kier alpha value is -1.55. The van der Waals surface area contributed by atoms with Crippen LogP contribution in [0.3, 0.4) is 0 Å². The van der Waals surface area contributed by atoms with Crippen molar-refractivity contribution in [2.24, 2.45) is 0 Å². The second kappa shape index (κ2) is 3.31. The summed E-state index contributed by atoms with van der Waals surface area (Å²) < 4.78 is 1.43. The molecule has 0 amide bonds. The fourth-order valence-corrected chi connectivity index (χ4v) is 1.51. The molecule has 4 nitrogen and oxygen atoms in total. The molecule has 0 fully saturated rings. The predicted octanol–water partition coefficient (Wildman–Crippen LogP) is 1.82. The number of hydrogen-bond acceptors (Lipinski definition) is 3. The van der Waals surface area contributed by atoms with Gasteiger partial charge in [0.05, 0.1) is 0 Å². The summed E-state index contributed by atoms with van der Waals surface area (Å²) in [6, 6.07) is 0. The average molecular weight is 210 g/mol. The highest BCUT2D eigenvalue weighted by atomic mass is 35.5. The van der Waals surface area contributed by atoms with Crippen LogP contribution in [0.15, 0.2) is 25.0 Å². The van der Waals surface area contributed by atoms with Gasteiger partial charge in [0.2, 0.25) is 0 Å². The highest BCUT2D eigenvalue weighted by Gasteiger charge is 2.12. The molecule has 72 valence electrons. The van der Waals surface area contributed by atoms with Gasteiger partial charge < -0.3 is 5.11 Å². The van der Waals surface area contributed by atoms with Gasteiger partial charge in [0.15, 0.2) is 16.5 Å². The van der Waals surface area contributed by atoms with Crippen molar-refractivity contribution in [3.05, 3.63) is 35.8 Å². The van der Waals surface area contributed by atoms with Crippen molar-refractivity contribution in [3.63, 3.8) is 0 Å². The summed E-state index contributed by atoms with van der Waals surface area (Å²) in [4.78, 5) is 3.96. The van der Waals surface area contributed by atoms with E-state index >= 15 is 0 Å². The van der Waals surface area contributed by atoms with Gasteiger partial charge >= 0.3 is 0 Å². The fourth-order valence-electron chi connectivity index (χ4n) is 1.26. The Bertz CT molecular complexity index is 492. The smallest absolute Gasteiger partial charge is 0.196 e. The van der Waals surface area contributed by atoms with Crippen LogP contribution in [0.5, 0.6) is 5.75 Å². The number of fused-ring (bicyclic) bond motifs is 1. The molecule has 0 aliphatic carbocycles. The van der Waals surface area contributed by atoms with E-state index in [9.17, 15) is 5.11 Å². The van der Waals surface area contributed by atoms with Gasteiger partial charge in [0.25, 0.3) is 0 Å². The molecule has 0 saturated carbocycles. The molecule has 0 unspecified atom stereocenters. The maximum Gasteiger partial charge on any atom is 0.196 e. The molecule has 0 saturated heterocycles. The monoisotopic (exact) mass is 209 g/mol. The number of allylic oxidation sites excluding steroid dienone is 1. The third-order valence-corrected chi connectivity index (χ3v) is 2.22. The first-order valence-corrected chi connectivity index (χ1v) is 4.43. The van der Waals surface area contributed by atoms with Gasteiger partial charge in [-0.15, -0.1) is 6.58 Å². The van der Waals surface area contributed by atoms with E-state index in [0.717, 1.165) is 0 Å². The van der Waals surface area contributed by atoms with Gasteiger partial charge in [-0.2, -0.15) is 5.10 Å². The third-order valence-electron chi connectivity index (χ3n) is 1.91. The lowest BCUT2D eigenvalue weighted by molar-refractivity contribution is 0.469. The maximum atomic E-state index is 9.79. The fraction of sp³-hybridized carbons (Fsp3) is 0.111. The third kappa shape index (κ3) is 1.24. The Balaban J connectivity index is 2.75. The normalized spacial score (nSPS) is 10.6. The van der Waals surface area contributed by atoms with Crippen molar-refractivity contribution >= 4 is 17.2 Å². The second-order valence-corrected chi connectivity index (χ2v) is 3.16. The minimum absolute atomic E-state index is 0.0647. The Labute approximate surface area is 85.5 Å². The molecule has 2 rings (SSSR count). The molecule has 0 bridgehead atoms. The number of hydrogen-bond donors (Lipinski definition) is 1. The molecule has 1 N–H and O–H groups in total. The van der Waals surface area contributed by atoms with E-state index in [1.54, 1.807) is 18.5 Å². The molecular formula is C9H8ClN3O. The van der Waals surface area contributed by atoms with Crippen LogP contribution in [-0.4, -0.2) is 19.7 Å².